The predicted molar refractivity (Wildman–Crippen MR) is 79.8 cm³/mol. The summed E-state index contributed by atoms with van der Waals surface area (Å²) in [7, 11) is -3.37. The maximum atomic E-state index is 12.0. The van der Waals surface area contributed by atoms with Crippen LogP contribution in [0.5, 0.6) is 0 Å². The summed E-state index contributed by atoms with van der Waals surface area (Å²) in [6, 6.07) is 7.16. The summed E-state index contributed by atoms with van der Waals surface area (Å²) in [5.74, 6) is 0.458. The number of nitrogens with one attached hydrogen (secondary N) is 1. The summed E-state index contributed by atoms with van der Waals surface area (Å²) < 4.78 is 26.6. The molecule has 0 saturated heterocycles. The molecule has 0 radical (unpaired) electrons. The predicted octanol–water partition coefficient (Wildman–Crippen LogP) is 3.44. The molecule has 1 rings (SSSR count). The largest absolute Gasteiger partial charge is 0.240 e. The monoisotopic (exact) mass is 281 g/mol. The van der Waals surface area contributed by atoms with Crippen LogP contribution in [0.4, 0.5) is 0 Å². The van der Waals surface area contributed by atoms with Crippen molar-refractivity contribution < 1.29 is 8.42 Å². The van der Waals surface area contributed by atoms with Crippen LogP contribution in [-0.2, 0) is 10.0 Å². The minimum atomic E-state index is -3.37. The Labute approximate surface area is 116 Å². The second kappa shape index (κ2) is 7.46. The van der Waals surface area contributed by atoms with Gasteiger partial charge in [-0.1, -0.05) is 38.1 Å². The van der Waals surface area contributed by atoms with Gasteiger partial charge in [-0.2, -0.15) is 0 Å². The summed E-state index contributed by atoms with van der Waals surface area (Å²) >= 11 is 0. The van der Waals surface area contributed by atoms with Crippen molar-refractivity contribution in [3.05, 3.63) is 42.0 Å². The molecule has 0 heterocycles. The van der Waals surface area contributed by atoms with Crippen molar-refractivity contribution in [2.75, 3.05) is 6.54 Å². The van der Waals surface area contributed by atoms with Crippen molar-refractivity contribution in [1.82, 2.24) is 4.72 Å². The van der Waals surface area contributed by atoms with Gasteiger partial charge in [-0.25, -0.2) is 13.1 Å². The van der Waals surface area contributed by atoms with Gasteiger partial charge in [-0.05, 0) is 43.4 Å². The van der Waals surface area contributed by atoms with Crippen LogP contribution in [0.25, 0.3) is 0 Å². The third kappa shape index (κ3) is 4.80. The second-order valence-electron chi connectivity index (χ2n) is 4.63. The SMILES string of the molecule is C/C=C/CCNS(=O)(=O)c1ccc(C(C)CC)cc1. The van der Waals surface area contributed by atoms with Gasteiger partial charge < -0.3 is 0 Å². The van der Waals surface area contributed by atoms with Crippen molar-refractivity contribution in [2.45, 2.75) is 44.4 Å². The van der Waals surface area contributed by atoms with Gasteiger partial charge in [0.1, 0.15) is 0 Å². The number of rotatable bonds is 7. The minimum absolute atomic E-state index is 0.333. The van der Waals surface area contributed by atoms with Crippen molar-refractivity contribution in [2.24, 2.45) is 0 Å². The number of allylic oxidation sites excluding steroid dienone is 1. The molecule has 0 aliphatic rings. The first kappa shape index (κ1) is 15.9. The first-order valence-corrected chi connectivity index (χ1v) is 8.20. The molecule has 0 bridgehead atoms. The van der Waals surface area contributed by atoms with Crippen LogP contribution in [0, 0.1) is 0 Å². The van der Waals surface area contributed by atoms with Gasteiger partial charge in [0.15, 0.2) is 0 Å². The van der Waals surface area contributed by atoms with Crippen molar-refractivity contribution in [3.63, 3.8) is 0 Å². The molecule has 3 nitrogen and oxygen atoms in total. The summed E-state index contributed by atoms with van der Waals surface area (Å²) in [5, 5.41) is 0. The third-order valence-corrected chi connectivity index (χ3v) is 4.69. The number of hydrogen-bond acceptors (Lipinski definition) is 2. The average molecular weight is 281 g/mol. The number of hydrogen-bond donors (Lipinski definition) is 1. The fourth-order valence-corrected chi connectivity index (χ4v) is 2.79. The van der Waals surface area contributed by atoms with E-state index in [1.54, 1.807) is 12.1 Å². The fourth-order valence-electron chi connectivity index (χ4n) is 1.74. The van der Waals surface area contributed by atoms with E-state index in [0.717, 1.165) is 6.42 Å². The number of sulfonamides is 1. The molecular formula is C15H23NO2S. The highest BCUT2D eigenvalue weighted by Crippen LogP contribution is 2.20. The quantitative estimate of drug-likeness (QED) is 0.614. The summed E-state index contributed by atoms with van der Waals surface area (Å²) in [6.07, 6.45) is 5.61. The maximum absolute atomic E-state index is 12.0. The maximum Gasteiger partial charge on any atom is 0.240 e. The van der Waals surface area contributed by atoms with Crippen molar-refractivity contribution >= 4 is 10.0 Å². The zero-order valence-corrected chi connectivity index (χ0v) is 12.7. The molecule has 0 aromatic heterocycles. The van der Waals surface area contributed by atoms with Gasteiger partial charge >= 0.3 is 0 Å². The molecule has 1 atom stereocenters. The van der Waals surface area contributed by atoms with Crippen LogP contribution >= 0.6 is 0 Å². The Hall–Kier alpha value is -1.13. The molecule has 1 aromatic rings. The smallest absolute Gasteiger partial charge is 0.211 e. The van der Waals surface area contributed by atoms with Crippen LogP contribution in [0.1, 0.15) is 45.1 Å². The highest BCUT2D eigenvalue weighted by Gasteiger charge is 2.13. The van der Waals surface area contributed by atoms with E-state index in [2.05, 4.69) is 18.6 Å². The molecule has 1 aromatic carbocycles. The summed E-state index contributed by atoms with van der Waals surface area (Å²) in [6.45, 7) is 6.61. The van der Waals surface area contributed by atoms with Crippen LogP contribution in [0.3, 0.4) is 0 Å². The Morgan fingerprint density at radius 1 is 1.26 bits per heavy atom. The Morgan fingerprint density at radius 2 is 1.89 bits per heavy atom. The molecule has 0 fully saturated rings. The molecule has 19 heavy (non-hydrogen) atoms. The van der Waals surface area contributed by atoms with Crippen LogP contribution in [0.2, 0.25) is 0 Å². The van der Waals surface area contributed by atoms with E-state index in [-0.39, 0.29) is 0 Å². The zero-order chi connectivity index (χ0) is 14.3. The lowest BCUT2D eigenvalue weighted by atomic mass is 9.99. The molecule has 1 N–H and O–H groups in total. The van der Waals surface area contributed by atoms with Gasteiger partial charge in [0, 0.05) is 6.54 Å². The van der Waals surface area contributed by atoms with E-state index >= 15 is 0 Å². The minimum Gasteiger partial charge on any atom is -0.211 e. The Kier molecular flexibility index (Phi) is 6.25. The van der Waals surface area contributed by atoms with E-state index < -0.39 is 10.0 Å². The van der Waals surface area contributed by atoms with Gasteiger partial charge in [-0.3, -0.25) is 0 Å². The Morgan fingerprint density at radius 3 is 2.42 bits per heavy atom. The summed E-state index contributed by atoms with van der Waals surface area (Å²) in [4.78, 5) is 0.333. The lowest BCUT2D eigenvalue weighted by Crippen LogP contribution is -2.24. The molecule has 0 amide bonds. The molecule has 106 valence electrons. The Bertz CT molecular complexity index is 503. The molecule has 0 aliphatic heterocycles. The van der Waals surface area contributed by atoms with E-state index in [1.807, 2.05) is 31.2 Å². The van der Waals surface area contributed by atoms with E-state index in [1.165, 1.54) is 5.56 Å². The van der Waals surface area contributed by atoms with Gasteiger partial charge in [0.2, 0.25) is 10.0 Å². The Balaban J connectivity index is 2.73. The highest BCUT2D eigenvalue weighted by atomic mass is 32.2. The molecular weight excluding hydrogens is 258 g/mol. The fraction of sp³-hybridized carbons (Fsp3) is 0.467. The van der Waals surface area contributed by atoms with Gasteiger partial charge in [0.25, 0.3) is 0 Å². The number of benzene rings is 1. The van der Waals surface area contributed by atoms with Gasteiger partial charge in [-0.15, -0.1) is 0 Å². The standard InChI is InChI=1S/C15H23NO2S/c1-4-6-7-12-16-19(17,18)15-10-8-14(9-11-15)13(3)5-2/h4,6,8-11,13,16H,5,7,12H2,1-3H3/b6-4+. The van der Waals surface area contributed by atoms with E-state index in [9.17, 15) is 8.42 Å². The lowest BCUT2D eigenvalue weighted by Gasteiger charge is -2.10. The molecule has 0 aliphatic carbocycles. The van der Waals surface area contributed by atoms with Gasteiger partial charge in [0.05, 0.1) is 4.90 Å². The normalized spacial score (nSPS) is 13.8. The zero-order valence-electron chi connectivity index (χ0n) is 11.9. The average Bonchev–Trinajstić information content (AvgIpc) is 2.43. The highest BCUT2D eigenvalue weighted by molar-refractivity contribution is 7.89. The summed E-state index contributed by atoms with van der Waals surface area (Å²) in [5.41, 5.74) is 1.18. The van der Waals surface area contributed by atoms with E-state index in [4.69, 9.17) is 0 Å². The van der Waals surface area contributed by atoms with Crippen molar-refractivity contribution in [3.8, 4) is 0 Å². The molecule has 0 spiro atoms. The van der Waals surface area contributed by atoms with Crippen LogP contribution in [0.15, 0.2) is 41.3 Å². The topological polar surface area (TPSA) is 46.2 Å². The third-order valence-electron chi connectivity index (χ3n) is 3.21. The van der Waals surface area contributed by atoms with E-state index in [0.29, 0.717) is 23.8 Å². The first-order valence-electron chi connectivity index (χ1n) is 6.72. The molecule has 1 unspecified atom stereocenters. The van der Waals surface area contributed by atoms with Crippen LogP contribution < -0.4 is 4.72 Å². The first-order chi connectivity index (χ1) is 9.01. The second-order valence-corrected chi connectivity index (χ2v) is 6.40. The molecule has 4 heteroatoms. The van der Waals surface area contributed by atoms with Crippen LogP contribution in [-0.4, -0.2) is 15.0 Å². The van der Waals surface area contributed by atoms with Crippen molar-refractivity contribution in [1.29, 1.82) is 0 Å². The molecule has 0 saturated carbocycles. The lowest BCUT2D eigenvalue weighted by molar-refractivity contribution is 0.582.